The number of benzene rings is 1. The maximum Gasteiger partial charge on any atom is 0.416 e. The fourth-order valence-electron chi connectivity index (χ4n) is 4.10. The highest BCUT2D eigenvalue weighted by Crippen LogP contribution is 2.37. The van der Waals surface area contributed by atoms with E-state index in [1.165, 1.54) is 6.07 Å². The molecule has 2 aliphatic heterocycles. The molecule has 0 spiro atoms. The number of amides is 3. The minimum absolute atomic E-state index is 0.0723. The number of hydrogen-bond acceptors (Lipinski definition) is 3. The third-order valence-corrected chi connectivity index (χ3v) is 5.79. The quantitative estimate of drug-likeness (QED) is 0.809. The van der Waals surface area contributed by atoms with Crippen molar-refractivity contribution in [3.63, 3.8) is 0 Å². The van der Waals surface area contributed by atoms with E-state index in [0.717, 1.165) is 25.2 Å². The summed E-state index contributed by atoms with van der Waals surface area (Å²) in [5.41, 5.74) is -0.298. The molecule has 166 valence electrons. The monoisotopic (exact) mass is 426 g/mol. The van der Waals surface area contributed by atoms with E-state index in [1.54, 1.807) is 15.9 Å². The van der Waals surface area contributed by atoms with Crippen molar-refractivity contribution in [2.75, 3.05) is 46.3 Å². The van der Waals surface area contributed by atoms with Gasteiger partial charge in [-0.1, -0.05) is 18.2 Å². The molecule has 2 saturated heterocycles. The average Bonchev–Trinajstić information content (AvgIpc) is 3.12. The zero-order chi connectivity index (χ0) is 22.1. The molecular weight excluding hydrogens is 397 g/mol. The van der Waals surface area contributed by atoms with Gasteiger partial charge in [0.2, 0.25) is 5.91 Å². The number of likely N-dealkylation sites (N-methyl/N-ethyl adjacent to an activating group) is 1. The van der Waals surface area contributed by atoms with E-state index in [1.807, 2.05) is 20.9 Å². The van der Waals surface area contributed by atoms with E-state index in [4.69, 9.17) is 0 Å². The summed E-state index contributed by atoms with van der Waals surface area (Å²) in [7, 11) is 1.99. The second-order valence-corrected chi connectivity index (χ2v) is 8.47. The fraction of sp³-hybridized carbons (Fsp3) is 0.619. The van der Waals surface area contributed by atoms with Crippen LogP contribution < -0.4 is 5.32 Å². The molecule has 2 atom stereocenters. The third-order valence-electron chi connectivity index (χ3n) is 5.79. The third kappa shape index (κ3) is 5.06. The van der Waals surface area contributed by atoms with Crippen molar-refractivity contribution < 1.29 is 22.8 Å². The maximum absolute atomic E-state index is 13.3. The number of carbonyl (C=O) groups is 2. The Kier molecular flexibility index (Phi) is 6.59. The van der Waals surface area contributed by atoms with Crippen LogP contribution in [-0.2, 0) is 11.0 Å². The molecule has 3 amide bonds. The molecule has 2 heterocycles. The van der Waals surface area contributed by atoms with Crippen LogP contribution in [0.15, 0.2) is 24.3 Å². The van der Waals surface area contributed by atoms with Crippen LogP contribution in [0.5, 0.6) is 0 Å². The van der Waals surface area contributed by atoms with Gasteiger partial charge in [-0.2, -0.15) is 13.2 Å². The normalized spacial score (nSPS) is 23.2. The van der Waals surface area contributed by atoms with Crippen LogP contribution >= 0.6 is 0 Å². The summed E-state index contributed by atoms with van der Waals surface area (Å²) in [5.74, 6) is -1.13. The fourth-order valence-corrected chi connectivity index (χ4v) is 4.10. The number of likely N-dealkylation sites (tertiary alicyclic amines) is 1. The van der Waals surface area contributed by atoms with E-state index in [0.29, 0.717) is 18.7 Å². The molecule has 0 aliphatic carbocycles. The summed E-state index contributed by atoms with van der Waals surface area (Å²) in [4.78, 5) is 31.3. The number of halogens is 3. The molecule has 1 N–H and O–H groups in total. The lowest BCUT2D eigenvalue weighted by atomic mass is 9.87. The van der Waals surface area contributed by atoms with E-state index < -0.39 is 23.6 Å². The van der Waals surface area contributed by atoms with Gasteiger partial charge in [0, 0.05) is 51.2 Å². The number of urea groups is 1. The highest BCUT2D eigenvalue weighted by Gasteiger charge is 2.43. The van der Waals surface area contributed by atoms with Crippen LogP contribution in [0, 0.1) is 5.92 Å². The molecule has 0 bridgehead atoms. The molecule has 3 rings (SSSR count). The van der Waals surface area contributed by atoms with E-state index in [2.05, 4.69) is 10.2 Å². The van der Waals surface area contributed by atoms with Crippen molar-refractivity contribution in [1.82, 2.24) is 20.0 Å². The van der Waals surface area contributed by atoms with Gasteiger partial charge in [-0.3, -0.25) is 4.79 Å². The number of rotatable bonds is 3. The maximum atomic E-state index is 13.3. The Morgan fingerprint density at radius 1 is 1.07 bits per heavy atom. The Hall–Kier alpha value is -2.29. The highest BCUT2D eigenvalue weighted by molar-refractivity contribution is 5.83. The van der Waals surface area contributed by atoms with Gasteiger partial charge in [0.15, 0.2) is 0 Å². The first-order valence-corrected chi connectivity index (χ1v) is 10.3. The molecule has 9 heteroatoms. The molecule has 1 aromatic carbocycles. The summed E-state index contributed by atoms with van der Waals surface area (Å²) < 4.78 is 39.7. The predicted octanol–water partition coefficient (Wildman–Crippen LogP) is 2.61. The molecule has 30 heavy (non-hydrogen) atoms. The first-order chi connectivity index (χ1) is 14.1. The molecule has 0 saturated carbocycles. The van der Waals surface area contributed by atoms with Crippen LogP contribution in [0.4, 0.5) is 18.0 Å². The Labute approximate surface area is 175 Å². The Balaban J connectivity index is 1.87. The predicted molar refractivity (Wildman–Crippen MR) is 107 cm³/mol. The van der Waals surface area contributed by atoms with Crippen molar-refractivity contribution in [2.45, 2.75) is 32.0 Å². The first kappa shape index (κ1) is 22.4. The Bertz CT molecular complexity index is 776. The van der Waals surface area contributed by atoms with Gasteiger partial charge in [0.05, 0.1) is 11.5 Å². The SMILES string of the molecule is CC(C)NC(=O)N1C[C@H](C(=O)N2CCN(C)CC2)[C@H](c2cccc(C(F)(F)F)c2)C1. The summed E-state index contributed by atoms with van der Waals surface area (Å²) in [6, 6.07) is 4.76. The van der Waals surface area contributed by atoms with Crippen molar-refractivity contribution in [2.24, 2.45) is 5.92 Å². The van der Waals surface area contributed by atoms with E-state index in [9.17, 15) is 22.8 Å². The molecule has 2 fully saturated rings. The smallest absolute Gasteiger partial charge is 0.340 e. The van der Waals surface area contributed by atoms with Crippen molar-refractivity contribution in [1.29, 1.82) is 0 Å². The molecule has 2 aliphatic rings. The molecule has 1 aromatic rings. The van der Waals surface area contributed by atoms with Gasteiger partial charge in [0.1, 0.15) is 0 Å². The molecular formula is C21H29F3N4O2. The van der Waals surface area contributed by atoms with Gasteiger partial charge < -0.3 is 20.0 Å². The van der Waals surface area contributed by atoms with Gasteiger partial charge in [-0.15, -0.1) is 0 Å². The topological polar surface area (TPSA) is 55.9 Å². The molecule has 0 aromatic heterocycles. The second-order valence-electron chi connectivity index (χ2n) is 8.47. The minimum Gasteiger partial charge on any atom is -0.340 e. The largest absolute Gasteiger partial charge is 0.416 e. The van der Waals surface area contributed by atoms with Crippen molar-refractivity contribution in [3.8, 4) is 0 Å². The Morgan fingerprint density at radius 2 is 1.73 bits per heavy atom. The zero-order valence-corrected chi connectivity index (χ0v) is 17.6. The number of nitrogens with zero attached hydrogens (tertiary/aromatic N) is 3. The highest BCUT2D eigenvalue weighted by atomic mass is 19.4. The summed E-state index contributed by atoms with van der Waals surface area (Å²) >= 11 is 0. The van der Waals surface area contributed by atoms with Gasteiger partial charge in [-0.05, 0) is 32.5 Å². The van der Waals surface area contributed by atoms with Crippen LogP contribution in [0.25, 0.3) is 0 Å². The molecule has 0 unspecified atom stereocenters. The van der Waals surface area contributed by atoms with Crippen LogP contribution in [-0.4, -0.2) is 79.0 Å². The summed E-state index contributed by atoms with van der Waals surface area (Å²) in [5, 5.41) is 2.81. The second kappa shape index (κ2) is 8.83. The van der Waals surface area contributed by atoms with Crippen molar-refractivity contribution >= 4 is 11.9 Å². The van der Waals surface area contributed by atoms with Gasteiger partial charge >= 0.3 is 12.2 Å². The first-order valence-electron chi connectivity index (χ1n) is 10.3. The standard InChI is InChI=1S/C21H29F3N4O2/c1-14(2)25-20(30)28-12-17(15-5-4-6-16(11-15)21(22,23)24)18(13-28)19(29)27-9-7-26(3)8-10-27/h4-6,11,14,17-18H,7-10,12-13H2,1-3H3,(H,25,30)/t17-,18-/m0/s1. The lowest BCUT2D eigenvalue weighted by Gasteiger charge is -2.35. The van der Waals surface area contributed by atoms with E-state index >= 15 is 0 Å². The lowest BCUT2D eigenvalue weighted by Crippen LogP contribution is -2.50. The lowest BCUT2D eigenvalue weighted by molar-refractivity contribution is -0.137. The molecule has 6 nitrogen and oxygen atoms in total. The summed E-state index contributed by atoms with van der Waals surface area (Å²) in [6.45, 7) is 6.76. The van der Waals surface area contributed by atoms with Crippen LogP contribution in [0.1, 0.15) is 30.9 Å². The van der Waals surface area contributed by atoms with E-state index in [-0.39, 0.29) is 31.1 Å². The number of carbonyl (C=O) groups excluding carboxylic acids is 2. The summed E-state index contributed by atoms with van der Waals surface area (Å²) in [6.07, 6.45) is -4.46. The van der Waals surface area contributed by atoms with Crippen LogP contribution in [0.3, 0.4) is 0 Å². The van der Waals surface area contributed by atoms with Gasteiger partial charge in [0.25, 0.3) is 0 Å². The number of nitrogens with one attached hydrogen (secondary N) is 1. The van der Waals surface area contributed by atoms with Gasteiger partial charge in [-0.25, -0.2) is 4.79 Å². The number of alkyl halides is 3. The number of piperazine rings is 1. The molecule has 0 radical (unpaired) electrons. The zero-order valence-electron chi connectivity index (χ0n) is 17.6. The Morgan fingerprint density at radius 3 is 2.33 bits per heavy atom. The average molecular weight is 426 g/mol. The van der Waals surface area contributed by atoms with Crippen LogP contribution in [0.2, 0.25) is 0 Å². The minimum atomic E-state index is -4.46. The van der Waals surface area contributed by atoms with Crippen molar-refractivity contribution in [3.05, 3.63) is 35.4 Å². The number of hydrogen-bond donors (Lipinski definition) is 1.